The van der Waals surface area contributed by atoms with Crippen molar-refractivity contribution in [2.75, 3.05) is 47.5 Å². The Balaban J connectivity index is 4.32. The van der Waals surface area contributed by atoms with Crippen LogP contribution in [-0.2, 0) is 32.7 Å². The Kier molecular flexibility index (Phi) is 66.0. The Morgan fingerprint density at radius 3 is 0.851 bits per heavy atom. The second-order valence-electron chi connectivity index (χ2n) is 23.4. The first kappa shape index (κ1) is 87.5. The van der Waals surface area contributed by atoms with Gasteiger partial charge in [0.15, 0.2) is 6.10 Å². The number of esters is 2. The molecule has 0 aliphatic rings. The molecule has 0 bridgehead atoms. The van der Waals surface area contributed by atoms with Crippen LogP contribution in [0.3, 0.4) is 0 Å². The summed E-state index contributed by atoms with van der Waals surface area (Å²) in [6, 6.07) is 0. The summed E-state index contributed by atoms with van der Waals surface area (Å²) in [4.78, 5) is 38.0. The number of phosphoric acid groups is 1. The van der Waals surface area contributed by atoms with E-state index in [1.165, 1.54) is 0 Å². The highest BCUT2D eigenvalue weighted by Gasteiger charge is 2.22. The summed E-state index contributed by atoms with van der Waals surface area (Å²) in [6.07, 6.45) is 118. The Morgan fingerprint density at radius 1 is 0.330 bits per heavy atom. The third kappa shape index (κ3) is 74.6. The minimum Gasteiger partial charge on any atom is -0.756 e. The minimum absolute atomic E-state index is 0.0609. The summed E-state index contributed by atoms with van der Waals surface area (Å²) < 4.78 is 34.2. The monoisotopic (exact) mass is 1310 g/mol. The summed E-state index contributed by atoms with van der Waals surface area (Å²) in [5, 5.41) is 0. The third-order valence-corrected chi connectivity index (χ3v) is 14.5. The van der Waals surface area contributed by atoms with Gasteiger partial charge in [-0.3, -0.25) is 14.2 Å². The van der Waals surface area contributed by atoms with Crippen LogP contribution in [0.5, 0.6) is 0 Å². The zero-order chi connectivity index (χ0) is 68.3. The van der Waals surface area contributed by atoms with Crippen molar-refractivity contribution in [3.05, 3.63) is 255 Å². The number of allylic oxidation sites excluding steroid dienone is 42. The van der Waals surface area contributed by atoms with Crippen LogP contribution in [0.1, 0.15) is 206 Å². The van der Waals surface area contributed by atoms with Crippen molar-refractivity contribution < 1.29 is 42.1 Å². The molecule has 10 heteroatoms. The lowest BCUT2D eigenvalue weighted by Gasteiger charge is -2.28. The molecule has 0 saturated heterocycles. The molecule has 0 aliphatic carbocycles. The molecule has 0 aromatic rings. The number of carbonyl (C=O) groups excluding carboxylic acids is 2. The number of quaternary nitrogens is 1. The lowest BCUT2D eigenvalue weighted by atomic mass is 10.1. The predicted molar refractivity (Wildman–Crippen MR) is 405 cm³/mol. The van der Waals surface area contributed by atoms with Gasteiger partial charge in [0, 0.05) is 12.8 Å². The van der Waals surface area contributed by atoms with Crippen molar-refractivity contribution in [1.29, 1.82) is 0 Å². The van der Waals surface area contributed by atoms with Gasteiger partial charge in [0.1, 0.15) is 19.8 Å². The minimum atomic E-state index is -4.68. The second-order valence-corrected chi connectivity index (χ2v) is 24.8. The molecule has 0 spiro atoms. The van der Waals surface area contributed by atoms with E-state index in [0.717, 1.165) is 167 Å². The van der Waals surface area contributed by atoms with E-state index in [4.69, 9.17) is 18.5 Å². The molecule has 94 heavy (non-hydrogen) atoms. The molecule has 0 radical (unpaired) electrons. The highest BCUT2D eigenvalue weighted by atomic mass is 31.2. The Morgan fingerprint density at radius 2 is 0.574 bits per heavy atom. The molecular weight excluding hydrogens is 1180 g/mol. The highest BCUT2D eigenvalue weighted by Crippen LogP contribution is 2.38. The fraction of sp³-hybridized carbons (Fsp3) is 0.476. The van der Waals surface area contributed by atoms with Crippen LogP contribution >= 0.6 is 7.82 Å². The number of ether oxygens (including phenoxy) is 2. The second kappa shape index (κ2) is 70.9. The van der Waals surface area contributed by atoms with E-state index in [1.807, 2.05) is 21.1 Å². The van der Waals surface area contributed by atoms with E-state index >= 15 is 0 Å². The quantitative estimate of drug-likeness (QED) is 0.0195. The van der Waals surface area contributed by atoms with Crippen LogP contribution in [-0.4, -0.2) is 70.0 Å². The maximum absolute atomic E-state index is 12.8. The number of carbonyl (C=O) groups is 2. The van der Waals surface area contributed by atoms with E-state index < -0.39 is 32.5 Å². The number of unbranched alkanes of at least 4 members (excludes halogenated alkanes) is 5. The number of hydrogen-bond acceptors (Lipinski definition) is 8. The first-order valence-electron chi connectivity index (χ1n) is 35.4. The molecule has 0 fully saturated rings. The van der Waals surface area contributed by atoms with Gasteiger partial charge < -0.3 is 27.9 Å². The maximum Gasteiger partial charge on any atom is 0.306 e. The normalized spacial score (nSPS) is 14.7. The van der Waals surface area contributed by atoms with Crippen molar-refractivity contribution >= 4 is 19.8 Å². The Hall–Kier alpha value is -6.45. The van der Waals surface area contributed by atoms with Gasteiger partial charge in [-0.25, -0.2) is 0 Å². The van der Waals surface area contributed by atoms with Gasteiger partial charge in [-0.05, 0) is 173 Å². The fourth-order valence-corrected chi connectivity index (χ4v) is 8.94. The van der Waals surface area contributed by atoms with Crippen molar-refractivity contribution in [2.24, 2.45) is 0 Å². The Bertz CT molecular complexity index is 2540. The molecule has 0 rings (SSSR count). The average molecular weight is 1310 g/mol. The Labute approximate surface area is 574 Å². The van der Waals surface area contributed by atoms with Gasteiger partial charge in [0.05, 0.1) is 27.7 Å². The van der Waals surface area contributed by atoms with Crippen molar-refractivity contribution in [1.82, 2.24) is 0 Å². The fourth-order valence-electron chi connectivity index (χ4n) is 8.22. The lowest BCUT2D eigenvalue weighted by molar-refractivity contribution is -0.870. The predicted octanol–water partition coefficient (Wildman–Crippen LogP) is 23.1. The summed E-state index contributed by atoms with van der Waals surface area (Å²) in [6.45, 7) is 3.87. The van der Waals surface area contributed by atoms with Crippen LogP contribution in [0.2, 0.25) is 0 Å². The van der Waals surface area contributed by atoms with Crippen LogP contribution in [0.4, 0.5) is 0 Å². The SMILES string of the molecule is CC/C=C\C/C=C\C/C=C\C/C=C\C/C=C\C/C=C\C/C=C\C/C=C\C/C=C\C/C=C\C/C=C\C/C=C\CCCCC(=O)OC(COC(=O)CCCCC/C=C\C/C=C\C/C=C\C/C=C\C/C=C\C/C=C\C/C=C\C/C=C\C/C=C\CC)COP(=O)([O-])OCC[N+](C)(C)C. The summed E-state index contributed by atoms with van der Waals surface area (Å²) >= 11 is 0. The van der Waals surface area contributed by atoms with Gasteiger partial charge in [-0.2, -0.15) is 0 Å². The van der Waals surface area contributed by atoms with Gasteiger partial charge in [0.2, 0.25) is 0 Å². The third-order valence-electron chi connectivity index (χ3n) is 13.6. The number of phosphoric ester groups is 1. The summed E-state index contributed by atoms with van der Waals surface area (Å²) in [5.74, 6) is -0.948. The van der Waals surface area contributed by atoms with Crippen molar-refractivity contribution in [3.8, 4) is 0 Å². The number of rotatable bonds is 61. The maximum atomic E-state index is 12.8. The van der Waals surface area contributed by atoms with Crippen LogP contribution < -0.4 is 4.89 Å². The summed E-state index contributed by atoms with van der Waals surface area (Å²) in [7, 11) is 1.07. The van der Waals surface area contributed by atoms with Gasteiger partial charge >= 0.3 is 11.9 Å². The lowest BCUT2D eigenvalue weighted by Crippen LogP contribution is -2.37. The molecule has 0 saturated carbocycles. The molecule has 0 amide bonds. The van der Waals surface area contributed by atoms with Gasteiger partial charge in [-0.1, -0.05) is 275 Å². The zero-order valence-electron chi connectivity index (χ0n) is 59.0. The molecule has 0 aromatic carbocycles. The molecular formula is C84H126NO8P. The van der Waals surface area contributed by atoms with Gasteiger partial charge in [-0.15, -0.1) is 0 Å². The molecule has 9 nitrogen and oxygen atoms in total. The molecule has 520 valence electrons. The van der Waals surface area contributed by atoms with E-state index in [1.54, 1.807) is 0 Å². The highest BCUT2D eigenvalue weighted by molar-refractivity contribution is 7.45. The molecule has 2 atom stereocenters. The number of hydrogen-bond donors (Lipinski definition) is 0. The molecule has 0 N–H and O–H groups in total. The number of likely N-dealkylation sites (N-methyl/N-ethyl adjacent to an activating group) is 1. The largest absolute Gasteiger partial charge is 0.756 e. The van der Waals surface area contributed by atoms with Crippen molar-refractivity contribution in [3.63, 3.8) is 0 Å². The van der Waals surface area contributed by atoms with Crippen LogP contribution in [0.25, 0.3) is 0 Å². The van der Waals surface area contributed by atoms with Crippen molar-refractivity contribution in [2.45, 2.75) is 213 Å². The summed E-state index contributed by atoms with van der Waals surface area (Å²) in [5.41, 5.74) is 0. The van der Waals surface area contributed by atoms with E-state index in [2.05, 4.69) is 269 Å². The van der Waals surface area contributed by atoms with Crippen LogP contribution in [0, 0.1) is 0 Å². The van der Waals surface area contributed by atoms with E-state index in [-0.39, 0.29) is 26.1 Å². The van der Waals surface area contributed by atoms with Crippen LogP contribution in [0.15, 0.2) is 255 Å². The molecule has 2 unspecified atom stereocenters. The zero-order valence-corrected chi connectivity index (χ0v) is 59.9. The first-order valence-corrected chi connectivity index (χ1v) is 36.9. The molecule has 0 aromatic heterocycles. The molecule has 0 heterocycles. The number of nitrogens with zero attached hydrogens (tertiary/aromatic N) is 1. The topological polar surface area (TPSA) is 111 Å². The molecule has 0 aliphatic heterocycles. The standard InChI is InChI=1S/C84H126NO8P/c1-6-8-10-12-14-16-18-20-22-24-26-28-30-32-34-36-38-39-40-41-42-43-44-45-47-49-51-53-55-57-59-61-63-65-67-69-71-73-75-77-84(87)93-82(81-92-94(88,89)91-79-78-85(3,4)5)80-90-83(86)76-74-72-70-68-66-64-62-60-58-56-54-52-50-48-46-37-35-33-31-29-27-25-23-21-19-17-15-13-11-9-7-2/h8-11,14-17,20-23,26-29,32-35,38-39,41-42,44-46,48-49,51-52,54-55,57-58,60-61,63-64,66-67,69,82H,6-7,12-13,18-19,24-25,30-31,36-37,40,43,47,50,53,56,59,62,65,68,70-81H2,1-5H3/b10-8-,11-9-,16-14-,17-15-,22-20-,23-21-,28-26-,29-27-,34-32-,35-33-,39-38-,42-41-,45-44-,48-46-,51-49-,54-52-,57-55-,60-58-,63-61-,66-64-,69-67-. The van der Waals surface area contributed by atoms with E-state index in [0.29, 0.717) is 23.9 Å². The smallest absolute Gasteiger partial charge is 0.306 e. The van der Waals surface area contributed by atoms with Gasteiger partial charge in [0.25, 0.3) is 7.82 Å². The van der Waals surface area contributed by atoms with E-state index in [9.17, 15) is 19.0 Å². The average Bonchev–Trinajstić information content (AvgIpc) is 1.56. The first-order chi connectivity index (χ1) is 46.0.